The van der Waals surface area contributed by atoms with Gasteiger partial charge in [-0.2, -0.15) is 0 Å². The predicted molar refractivity (Wildman–Crippen MR) is 97.5 cm³/mol. The second-order valence-corrected chi connectivity index (χ2v) is 8.66. The quantitative estimate of drug-likeness (QED) is 0.239. The number of aliphatic hydroxyl groups is 6. The first-order chi connectivity index (χ1) is 13.4. The molecule has 0 aromatic rings. The molecule has 0 saturated carbocycles. The average molecular weight is 423 g/mol. The molecule has 0 spiro atoms. The molecular weight excluding hydrogens is 390 g/mol. The first-order valence-corrected chi connectivity index (χ1v) is 9.59. The lowest BCUT2D eigenvalue weighted by Crippen LogP contribution is -2.69. The van der Waals surface area contributed by atoms with E-state index in [1.807, 2.05) is 20.8 Å². The van der Waals surface area contributed by atoms with Crippen LogP contribution in [0.15, 0.2) is 0 Å². The van der Waals surface area contributed by atoms with E-state index in [1.165, 1.54) is 6.92 Å². The van der Waals surface area contributed by atoms with E-state index in [2.05, 4.69) is 5.32 Å². The summed E-state index contributed by atoms with van der Waals surface area (Å²) in [4.78, 5) is 11.7. The van der Waals surface area contributed by atoms with Crippen molar-refractivity contribution in [3.8, 4) is 0 Å². The molecule has 0 aromatic heterocycles. The SMILES string of the molecule is CC(=O)NC1C(O)C(OC2OC(CO)C(O)C(O)C2O)C(CO)OC1C(C)(C)C. The molecule has 10 atom stereocenters. The number of ether oxygens (including phenoxy) is 3. The fraction of sp³-hybridized carbons (Fsp3) is 0.944. The topological polar surface area (TPSA) is 178 Å². The van der Waals surface area contributed by atoms with Crippen molar-refractivity contribution in [1.82, 2.24) is 5.32 Å². The van der Waals surface area contributed by atoms with Crippen LogP contribution in [0.3, 0.4) is 0 Å². The molecule has 0 aromatic carbocycles. The van der Waals surface area contributed by atoms with E-state index in [9.17, 15) is 35.4 Å². The molecule has 170 valence electrons. The van der Waals surface area contributed by atoms with Crippen LogP contribution in [0.4, 0.5) is 0 Å². The Morgan fingerprint density at radius 3 is 2.00 bits per heavy atom. The number of rotatable bonds is 5. The Hall–Kier alpha value is -0.890. The normalized spacial score (nSPS) is 43.8. The Morgan fingerprint density at radius 2 is 1.52 bits per heavy atom. The third-order valence-corrected chi connectivity index (χ3v) is 5.26. The fourth-order valence-electron chi connectivity index (χ4n) is 3.74. The second kappa shape index (κ2) is 9.50. The van der Waals surface area contributed by atoms with Gasteiger partial charge in [-0.1, -0.05) is 20.8 Å². The van der Waals surface area contributed by atoms with Gasteiger partial charge in [0.2, 0.25) is 5.91 Å². The number of nitrogens with one attached hydrogen (secondary N) is 1. The molecule has 0 aliphatic carbocycles. The standard InChI is InChI=1S/C18H33NO10/c1-7(22)19-10-12(24)15(9(6-21)27-16(10)18(2,3)4)29-17-14(26)13(25)11(23)8(5-20)28-17/h8-17,20-21,23-26H,5-6H2,1-4H3,(H,19,22). The minimum Gasteiger partial charge on any atom is -0.394 e. The summed E-state index contributed by atoms with van der Waals surface area (Å²) in [5.41, 5.74) is -0.504. The van der Waals surface area contributed by atoms with Gasteiger partial charge in [-0.25, -0.2) is 0 Å². The molecule has 2 aliphatic heterocycles. The van der Waals surface area contributed by atoms with Crippen LogP contribution in [-0.2, 0) is 19.0 Å². The van der Waals surface area contributed by atoms with Gasteiger partial charge in [0.15, 0.2) is 6.29 Å². The van der Waals surface area contributed by atoms with Crippen molar-refractivity contribution in [2.24, 2.45) is 5.41 Å². The van der Waals surface area contributed by atoms with Crippen molar-refractivity contribution in [1.29, 1.82) is 0 Å². The van der Waals surface area contributed by atoms with Gasteiger partial charge in [0.25, 0.3) is 0 Å². The maximum Gasteiger partial charge on any atom is 0.217 e. The van der Waals surface area contributed by atoms with Crippen LogP contribution in [0.1, 0.15) is 27.7 Å². The molecule has 2 saturated heterocycles. The van der Waals surface area contributed by atoms with E-state index in [1.54, 1.807) is 0 Å². The summed E-state index contributed by atoms with van der Waals surface area (Å²) in [7, 11) is 0. The molecule has 29 heavy (non-hydrogen) atoms. The molecular formula is C18H33NO10. The molecule has 0 bridgehead atoms. The van der Waals surface area contributed by atoms with Crippen molar-refractivity contribution >= 4 is 5.91 Å². The second-order valence-electron chi connectivity index (χ2n) is 8.66. The lowest BCUT2D eigenvalue weighted by atomic mass is 9.78. The zero-order valence-electron chi connectivity index (χ0n) is 17.0. The third-order valence-electron chi connectivity index (χ3n) is 5.26. The minimum atomic E-state index is -1.68. The molecule has 7 N–H and O–H groups in total. The predicted octanol–water partition coefficient (Wildman–Crippen LogP) is -3.16. The van der Waals surface area contributed by atoms with Crippen molar-refractivity contribution in [2.45, 2.75) is 88.9 Å². The van der Waals surface area contributed by atoms with E-state index in [0.29, 0.717) is 0 Å². The molecule has 2 heterocycles. The minimum absolute atomic E-state index is 0.402. The molecule has 2 rings (SSSR count). The summed E-state index contributed by atoms with van der Waals surface area (Å²) in [6, 6.07) is -0.884. The van der Waals surface area contributed by atoms with Crippen LogP contribution in [0.25, 0.3) is 0 Å². The summed E-state index contributed by atoms with van der Waals surface area (Å²) in [5.74, 6) is -0.402. The molecule has 0 radical (unpaired) electrons. The highest BCUT2D eigenvalue weighted by atomic mass is 16.7. The average Bonchev–Trinajstić information content (AvgIpc) is 2.63. The van der Waals surface area contributed by atoms with Gasteiger partial charge in [-0.15, -0.1) is 0 Å². The van der Waals surface area contributed by atoms with Crippen molar-refractivity contribution in [3.63, 3.8) is 0 Å². The van der Waals surface area contributed by atoms with Crippen LogP contribution >= 0.6 is 0 Å². The van der Waals surface area contributed by atoms with Crippen molar-refractivity contribution < 1.29 is 49.6 Å². The van der Waals surface area contributed by atoms with Crippen LogP contribution in [0.5, 0.6) is 0 Å². The van der Waals surface area contributed by atoms with Crippen LogP contribution in [-0.4, -0.2) is 111 Å². The summed E-state index contributed by atoms with van der Waals surface area (Å²) >= 11 is 0. The summed E-state index contributed by atoms with van der Waals surface area (Å²) in [6.45, 7) is 5.68. The van der Waals surface area contributed by atoms with E-state index in [0.717, 1.165) is 0 Å². The number of carbonyl (C=O) groups excluding carboxylic acids is 1. The molecule has 11 nitrogen and oxygen atoms in total. The third kappa shape index (κ3) is 5.24. The smallest absolute Gasteiger partial charge is 0.217 e. The Kier molecular flexibility index (Phi) is 7.99. The van der Waals surface area contributed by atoms with E-state index < -0.39 is 85.7 Å². The lowest BCUT2D eigenvalue weighted by Gasteiger charge is -2.50. The molecule has 1 amide bonds. The van der Waals surface area contributed by atoms with Gasteiger partial charge in [-0.3, -0.25) is 4.79 Å². The van der Waals surface area contributed by atoms with E-state index >= 15 is 0 Å². The summed E-state index contributed by atoms with van der Waals surface area (Å²) in [5, 5.41) is 62.7. The largest absolute Gasteiger partial charge is 0.394 e. The number of carbonyl (C=O) groups is 1. The van der Waals surface area contributed by atoms with Gasteiger partial charge in [0.05, 0.1) is 25.4 Å². The first kappa shape index (κ1) is 24.4. The highest BCUT2D eigenvalue weighted by molar-refractivity contribution is 5.73. The maximum absolute atomic E-state index is 11.7. The monoisotopic (exact) mass is 423 g/mol. The zero-order valence-corrected chi connectivity index (χ0v) is 17.0. The van der Waals surface area contributed by atoms with Crippen LogP contribution in [0.2, 0.25) is 0 Å². The van der Waals surface area contributed by atoms with Crippen molar-refractivity contribution in [3.05, 3.63) is 0 Å². The van der Waals surface area contributed by atoms with E-state index in [-0.39, 0.29) is 0 Å². The molecule has 11 heteroatoms. The van der Waals surface area contributed by atoms with Crippen LogP contribution in [0, 0.1) is 5.41 Å². The molecule has 2 aliphatic rings. The Bertz CT molecular complexity index is 553. The van der Waals surface area contributed by atoms with Gasteiger partial charge in [-0.05, 0) is 5.41 Å². The van der Waals surface area contributed by atoms with Crippen LogP contribution < -0.4 is 5.32 Å². The summed E-state index contributed by atoms with van der Waals surface area (Å²) < 4.78 is 16.9. The summed E-state index contributed by atoms with van der Waals surface area (Å²) in [6.07, 6.45) is -11.9. The molecule has 2 fully saturated rings. The highest BCUT2D eigenvalue weighted by Crippen LogP contribution is 2.35. The number of hydrogen-bond donors (Lipinski definition) is 7. The number of aliphatic hydroxyl groups excluding tert-OH is 6. The Balaban J connectivity index is 2.27. The number of amides is 1. The van der Waals surface area contributed by atoms with Gasteiger partial charge in [0, 0.05) is 6.92 Å². The highest BCUT2D eigenvalue weighted by Gasteiger charge is 2.52. The van der Waals surface area contributed by atoms with Gasteiger partial charge < -0.3 is 50.2 Å². The maximum atomic E-state index is 11.7. The zero-order chi connectivity index (χ0) is 22.1. The Morgan fingerprint density at radius 1 is 0.931 bits per heavy atom. The Labute approximate surface area is 169 Å². The van der Waals surface area contributed by atoms with Gasteiger partial charge >= 0.3 is 0 Å². The fourth-order valence-corrected chi connectivity index (χ4v) is 3.74. The van der Waals surface area contributed by atoms with Gasteiger partial charge in [0.1, 0.15) is 42.7 Å². The first-order valence-electron chi connectivity index (χ1n) is 9.59. The molecule has 10 unspecified atom stereocenters. The number of hydrogen-bond acceptors (Lipinski definition) is 10. The van der Waals surface area contributed by atoms with E-state index in [4.69, 9.17) is 14.2 Å². The van der Waals surface area contributed by atoms with Crippen molar-refractivity contribution in [2.75, 3.05) is 13.2 Å². The lowest BCUT2D eigenvalue weighted by molar-refractivity contribution is -0.338.